The van der Waals surface area contributed by atoms with E-state index in [4.69, 9.17) is 18.0 Å². The molecule has 3 rings (SSSR count). The van der Waals surface area contributed by atoms with Gasteiger partial charge in [-0.1, -0.05) is 17.7 Å². The van der Waals surface area contributed by atoms with Crippen molar-refractivity contribution in [3.05, 3.63) is 28.8 Å². The molecule has 0 radical (unpaired) electrons. The summed E-state index contributed by atoms with van der Waals surface area (Å²) >= 11 is 6.26. The molecule has 1 aromatic carbocycles. The predicted molar refractivity (Wildman–Crippen MR) is 104 cm³/mol. The van der Waals surface area contributed by atoms with Gasteiger partial charge in [0.15, 0.2) is 5.66 Å². The van der Waals surface area contributed by atoms with Gasteiger partial charge in [-0.25, -0.2) is 0 Å². The Labute approximate surface area is 160 Å². The van der Waals surface area contributed by atoms with E-state index >= 15 is 0 Å². The summed E-state index contributed by atoms with van der Waals surface area (Å²) in [5.74, 6) is 2.81. The molecule has 0 unspecified atom stereocenters. The number of hydrogen-bond donors (Lipinski definition) is 0. The molecule has 0 N–H and O–H groups in total. The third-order valence-electron chi connectivity index (χ3n) is 5.22. The van der Waals surface area contributed by atoms with Crippen molar-refractivity contribution < 1.29 is 4.79 Å². The van der Waals surface area contributed by atoms with Crippen molar-refractivity contribution in [3.63, 3.8) is 0 Å². The van der Waals surface area contributed by atoms with Gasteiger partial charge in [-0.3, -0.25) is 4.79 Å². The molecule has 1 aromatic rings. The summed E-state index contributed by atoms with van der Waals surface area (Å²) in [5.41, 5.74) is 1.88. The summed E-state index contributed by atoms with van der Waals surface area (Å²) in [5, 5.41) is 9.02. The van der Waals surface area contributed by atoms with E-state index in [-0.39, 0.29) is 11.6 Å². The Bertz CT molecular complexity index is 734. The molecule has 2 aliphatic rings. The Kier molecular flexibility index (Phi) is 5.83. The molecule has 5 nitrogen and oxygen atoms in total. The fraction of sp³-hybridized carbons (Fsp3) is 0.550. The predicted octanol–water partition coefficient (Wildman–Crippen LogP) is 4.04. The fourth-order valence-electron chi connectivity index (χ4n) is 3.48. The van der Waals surface area contributed by atoms with Gasteiger partial charge in [0.1, 0.15) is 0 Å². The molecule has 2 heterocycles. The molecular weight excluding hydrogens is 348 g/mol. The first kappa shape index (κ1) is 18.7. The van der Waals surface area contributed by atoms with Gasteiger partial charge in [-0.15, -0.1) is 12.3 Å². The largest absolute Gasteiger partial charge is 0.369 e. The van der Waals surface area contributed by atoms with Crippen molar-refractivity contribution in [2.45, 2.75) is 44.7 Å². The zero-order valence-electron chi connectivity index (χ0n) is 15.2. The maximum Gasteiger partial charge on any atom is 0.222 e. The number of carbonyl (C=O) groups is 1. The van der Waals surface area contributed by atoms with Crippen molar-refractivity contribution in [3.8, 4) is 12.3 Å². The van der Waals surface area contributed by atoms with Crippen molar-refractivity contribution in [2.75, 3.05) is 31.1 Å². The van der Waals surface area contributed by atoms with Gasteiger partial charge in [-0.2, -0.15) is 10.2 Å². The van der Waals surface area contributed by atoms with Crippen molar-refractivity contribution in [2.24, 2.45) is 10.2 Å². The van der Waals surface area contributed by atoms with Gasteiger partial charge < -0.3 is 9.80 Å². The molecule has 0 spiro atoms. The van der Waals surface area contributed by atoms with Crippen LogP contribution in [0.2, 0.25) is 5.02 Å². The molecule has 2 aliphatic heterocycles. The highest BCUT2D eigenvalue weighted by molar-refractivity contribution is 6.31. The molecule has 6 heteroatoms. The minimum atomic E-state index is -0.377. The topological polar surface area (TPSA) is 48.3 Å². The molecule has 1 fully saturated rings. The SMILES string of the molecule is C#CCCC1(CCC(=O)N2CCCN(c3cccc(Cl)c3C)CC2)N=N1. The van der Waals surface area contributed by atoms with Gasteiger partial charge >= 0.3 is 0 Å². The van der Waals surface area contributed by atoms with Crippen LogP contribution in [0.1, 0.15) is 37.7 Å². The van der Waals surface area contributed by atoms with E-state index in [1.165, 1.54) is 0 Å². The van der Waals surface area contributed by atoms with Crippen LogP contribution in [0.15, 0.2) is 28.4 Å². The minimum Gasteiger partial charge on any atom is -0.369 e. The molecule has 138 valence electrons. The lowest BCUT2D eigenvalue weighted by atomic mass is 10.0. The molecule has 1 amide bonds. The van der Waals surface area contributed by atoms with Crippen molar-refractivity contribution in [1.82, 2.24) is 4.90 Å². The second-order valence-corrected chi connectivity index (χ2v) is 7.40. The van der Waals surface area contributed by atoms with E-state index in [0.717, 1.165) is 55.3 Å². The van der Waals surface area contributed by atoms with E-state index in [0.29, 0.717) is 19.3 Å². The molecular formula is C20H25ClN4O. The molecule has 1 saturated heterocycles. The van der Waals surface area contributed by atoms with Crippen LogP contribution in [0.3, 0.4) is 0 Å². The Morgan fingerprint density at radius 1 is 1.27 bits per heavy atom. The minimum absolute atomic E-state index is 0.187. The number of amides is 1. The summed E-state index contributed by atoms with van der Waals surface area (Å²) in [7, 11) is 0. The van der Waals surface area contributed by atoms with E-state index in [2.05, 4.69) is 27.1 Å². The molecule has 26 heavy (non-hydrogen) atoms. The maximum atomic E-state index is 12.6. The van der Waals surface area contributed by atoms with Gasteiger partial charge in [0, 0.05) is 62.6 Å². The van der Waals surface area contributed by atoms with Gasteiger partial charge in [0.25, 0.3) is 0 Å². The van der Waals surface area contributed by atoms with Gasteiger partial charge in [0.2, 0.25) is 5.91 Å². The van der Waals surface area contributed by atoms with Crippen LogP contribution in [0, 0.1) is 19.3 Å². The van der Waals surface area contributed by atoms with E-state index in [1.54, 1.807) is 0 Å². The summed E-state index contributed by atoms with van der Waals surface area (Å²) in [6.45, 7) is 5.33. The van der Waals surface area contributed by atoms with E-state index in [9.17, 15) is 4.79 Å². The highest BCUT2D eigenvalue weighted by atomic mass is 35.5. The average molecular weight is 373 g/mol. The Hall–Kier alpha value is -2.06. The molecule has 0 bridgehead atoms. The summed E-state index contributed by atoms with van der Waals surface area (Å²) in [6, 6.07) is 6.00. The van der Waals surface area contributed by atoms with Crippen LogP contribution in [0.5, 0.6) is 0 Å². The molecule has 0 aliphatic carbocycles. The van der Waals surface area contributed by atoms with Crippen molar-refractivity contribution in [1.29, 1.82) is 0 Å². The lowest BCUT2D eigenvalue weighted by molar-refractivity contribution is -0.131. The van der Waals surface area contributed by atoms with Gasteiger partial charge in [-0.05, 0) is 31.0 Å². The Balaban J connectivity index is 1.53. The molecule has 0 aromatic heterocycles. The van der Waals surface area contributed by atoms with E-state index < -0.39 is 0 Å². The quantitative estimate of drug-likeness (QED) is 0.707. The number of halogens is 1. The smallest absolute Gasteiger partial charge is 0.222 e. The third-order valence-corrected chi connectivity index (χ3v) is 5.63. The lowest BCUT2D eigenvalue weighted by Gasteiger charge is -2.25. The first-order valence-corrected chi connectivity index (χ1v) is 9.58. The summed E-state index contributed by atoms with van der Waals surface area (Å²) in [6.07, 6.45) is 8.81. The zero-order valence-corrected chi connectivity index (χ0v) is 16.0. The summed E-state index contributed by atoms with van der Waals surface area (Å²) in [4.78, 5) is 16.9. The molecule has 0 atom stereocenters. The normalized spacial score (nSPS) is 18.3. The number of anilines is 1. The van der Waals surface area contributed by atoms with Crippen LogP contribution in [0.25, 0.3) is 0 Å². The molecule has 0 saturated carbocycles. The average Bonchev–Trinajstić information content (AvgIpc) is 3.44. The number of carbonyl (C=O) groups excluding carboxylic acids is 1. The Morgan fingerprint density at radius 3 is 2.81 bits per heavy atom. The first-order chi connectivity index (χ1) is 12.5. The van der Waals surface area contributed by atoms with Crippen LogP contribution in [-0.4, -0.2) is 42.6 Å². The monoisotopic (exact) mass is 372 g/mol. The second kappa shape index (κ2) is 8.09. The van der Waals surface area contributed by atoms with Gasteiger partial charge in [0.05, 0.1) is 0 Å². The Morgan fingerprint density at radius 2 is 2.08 bits per heavy atom. The number of rotatable bonds is 6. The highest BCUT2D eigenvalue weighted by Gasteiger charge is 2.39. The summed E-state index contributed by atoms with van der Waals surface area (Å²) < 4.78 is 0. The highest BCUT2D eigenvalue weighted by Crippen LogP contribution is 2.37. The third kappa shape index (κ3) is 4.37. The first-order valence-electron chi connectivity index (χ1n) is 9.20. The maximum absolute atomic E-state index is 12.6. The zero-order chi connectivity index (χ0) is 18.6. The van der Waals surface area contributed by atoms with Crippen LogP contribution in [-0.2, 0) is 4.79 Å². The number of hydrogen-bond acceptors (Lipinski definition) is 4. The fourth-order valence-corrected chi connectivity index (χ4v) is 3.65. The van der Waals surface area contributed by atoms with E-state index in [1.807, 2.05) is 24.0 Å². The van der Waals surface area contributed by atoms with Crippen molar-refractivity contribution >= 4 is 23.2 Å². The van der Waals surface area contributed by atoms with Crippen LogP contribution < -0.4 is 4.90 Å². The number of terminal acetylenes is 1. The van der Waals surface area contributed by atoms with Crippen LogP contribution >= 0.6 is 11.6 Å². The second-order valence-electron chi connectivity index (χ2n) is 6.99. The standard InChI is InChI=1S/C20H25ClN4O/c1-3-4-10-20(22-23-20)11-9-19(26)25-13-6-12-24(14-15-25)18-8-5-7-17(21)16(18)2/h1,5,7-8H,4,6,9-15H2,2H3. The number of benzene rings is 1. The number of nitrogens with zero attached hydrogens (tertiary/aromatic N) is 4. The lowest BCUT2D eigenvalue weighted by Crippen LogP contribution is -2.35. The van der Waals surface area contributed by atoms with Crippen LogP contribution in [0.4, 0.5) is 5.69 Å².